The molecule has 2 aromatic heterocycles. The molecule has 0 saturated heterocycles. The number of rotatable bonds is 9. The van der Waals surface area contributed by atoms with E-state index < -0.39 is 42.4 Å². The van der Waals surface area contributed by atoms with E-state index in [1.54, 1.807) is 30.3 Å². The van der Waals surface area contributed by atoms with Gasteiger partial charge in [-0.2, -0.15) is 18.4 Å². The number of nitriles is 1. The summed E-state index contributed by atoms with van der Waals surface area (Å²) in [6, 6.07) is 6.32. The van der Waals surface area contributed by atoms with Gasteiger partial charge in [-0.1, -0.05) is 19.9 Å². The van der Waals surface area contributed by atoms with Gasteiger partial charge in [0.15, 0.2) is 0 Å². The van der Waals surface area contributed by atoms with Crippen LogP contribution in [-0.4, -0.2) is 57.6 Å². The molecule has 3 aromatic rings. The minimum Gasteiger partial charge on any atom is -0.496 e. The van der Waals surface area contributed by atoms with Gasteiger partial charge in [-0.05, 0) is 30.5 Å². The van der Waals surface area contributed by atoms with E-state index in [9.17, 15) is 32.8 Å². The Balaban J connectivity index is 1.75. The van der Waals surface area contributed by atoms with Gasteiger partial charge in [-0.3, -0.25) is 19.0 Å². The summed E-state index contributed by atoms with van der Waals surface area (Å²) in [6.45, 7) is 3.67. The normalized spacial score (nSPS) is 13.1. The minimum atomic E-state index is -5.14. The van der Waals surface area contributed by atoms with Gasteiger partial charge in [0, 0.05) is 29.2 Å². The van der Waals surface area contributed by atoms with E-state index in [1.807, 2.05) is 13.8 Å². The zero-order valence-corrected chi connectivity index (χ0v) is 20.2. The van der Waals surface area contributed by atoms with Gasteiger partial charge in [0.25, 0.3) is 5.91 Å². The molecule has 0 saturated carbocycles. The third kappa shape index (κ3) is 6.46. The van der Waals surface area contributed by atoms with Gasteiger partial charge in [0.2, 0.25) is 5.91 Å². The van der Waals surface area contributed by atoms with Crippen LogP contribution in [0.1, 0.15) is 41.2 Å². The SMILES string of the molecule is COc1cccc2[nH]c(C(=O)N[C@@H](CC(C)C)C(=O)N[C@H](C#N)Cc3cncn3C(=O)C(F)(F)F)cc12. The van der Waals surface area contributed by atoms with Crippen LogP contribution in [0.2, 0.25) is 0 Å². The molecule has 0 spiro atoms. The zero-order valence-electron chi connectivity index (χ0n) is 20.2. The smallest absolute Gasteiger partial charge is 0.472 e. The number of fused-ring (bicyclic) bond motifs is 1. The molecule has 1 aromatic carbocycles. The van der Waals surface area contributed by atoms with E-state index in [4.69, 9.17) is 4.74 Å². The topological polar surface area (TPSA) is 142 Å². The molecular weight excluding hydrogens is 493 g/mol. The van der Waals surface area contributed by atoms with Crippen LogP contribution >= 0.6 is 0 Å². The number of aromatic nitrogens is 3. The Morgan fingerprint density at radius 1 is 1.24 bits per heavy atom. The third-order valence-corrected chi connectivity index (χ3v) is 5.48. The lowest BCUT2D eigenvalue weighted by atomic mass is 10.0. The molecule has 2 atom stereocenters. The van der Waals surface area contributed by atoms with Crippen LogP contribution in [-0.2, 0) is 11.2 Å². The minimum absolute atomic E-state index is 0.0229. The number of aromatic amines is 1. The second-order valence-corrected chi connectivity index (χ2v) is 8.71. The van der Waals surface area contributed by atoms with Crippen molar-refractivity contribution in [2.45, 2.75) is 44.9 Å². The molecule has 0 aliphatic rings. The van der Waals surface area contributed by atoms with Crippen LogP contribution in [0.5, 0.6) is 5.75 Å². The fraction of sp³-hybridized carbons (Fsp3) is 0.375. The maximum absolute atomic E-state index is 13.0. The van der Waals surface area contributed by atoms with E-state index in [1.165, 1.54) is 7.11 Å². The van der Waals surface area contributed by atoms with Gasteiger partial charge in [0.05, 0.1) is 13.2 Å². The van der Waals surface area contributed by atoms with Gasteiger partial charge >= 0.3 is 12.1 Å². The highest BCUT2D eigenvalue weighted by atomic mass is 19.4. The van der Waals surface area contributed by atoms with Crippen LogP contribution < -0.4 is 15.4 Å². The molecule has 0 bridgehead atoms. The first-order valence-corrected chi connectivity index (χ1v) is 11.2. The summed E-state index contributed by atoms with van der Waals surface area (Å²) in [6.07, 6.45) is -3.62. The number of amides is 2. The molecule has 0 radical (unpaired) electrons. The van der Waals surface area contributed by atoms with Crippen LogP contribution in [0, 0.1) is 17.2 Å². The highest BCUT2D eigenvalue weighted by Crippen LogP contribution is 2.26. The molecule has 196 valence electrons. The number of carbonyl (C=O) groups excluding carboxylic acids is 3. The summed E-state index contributed by atoms with van der Waals surface area (Å²) in [5.74, 6) is -2.89. The van der Waals surface area contributed by atoms with Gasteiger partial charge < -0.3 is 20.4 Å². The summed E-state index contributed by atoms with van der Waals surface area (Å²) >= 11 is 0. The fourth-order valence-electron chi connectivity index (χ4n) is 3.77. The largest absolute Gasteiger partial charge is 0.496 e. The number of ether oxygens (including phenoxy) is 1. The lowest BCUT2D eigenvalue weighted by Crippen LogP contribution is -2.50. The van der Waals surface area contributed by atoms with Gasteiger partial charge in [-0.15, -0.1) is 0 Å². The molecule has 2 amide bonds. The Morgan fingerprint density at radius 2 is 1.97 bits per heavy atom. The molecule has 10 nitrogen and oxygen atoms in total. The molecule has 37 heavy (non-hydrogen) atoms. The number of carbonyl (C=O) groups is 3. The summed E-state index contributed by atoms with van der Waals surface area (Å²) in [5, 5.41) is 15.3. The Hall–Kier alpha value is -4.34. The maximum atomic E-state index is 13.0. The van der Waals surface area contributed by atoms with E-state index >= 15 is 0 Å². The standard InChI is InChI=1S/C24H25F3N6O4/c1-13(2)7-18(32-22(35)19-9-16-17(31-19)5-4-6-20(16)37-3)21(34)30-14(10-28)8-15-11-29-12-33(15)23(36)24(25,26)27/h4-6,9,11-14,18,31H,7-8H2,1-3H3,(H,30,34)(H,32,35)/t14-,18-/m0/s1. The van der Waals surface area contributed by atoms with Crippen LogP contribution in [0.15, 0.2) is 36.8 Å². The Kier molecular flexibility index (Phi) is 8.21. The number of benzene rings is 1. The summed E-state index contributed by atoms with van der Waals surface area (Å²) in [4.78, 5) is 44.1. The average Bonchev–Trinajstić information content (AvgIpc) is 3.48. The number of imidazole rings is 1. The van der Waals surface area contributed by atoms with E-state index in [2.05, 4.69) is 20.6 Å². The number of alkyl halides is 3. The number of hydrogen-bond donors (Lipinski definition) is 3. The zero-order chi connectivity index (χ0) is 27.3. The van der Waals surface area contributed by atoms with Crippen molar-refractivity contribution in [3.8, 4) is 11.8 Å². The monoisotopic (exact) mass is 518 g/mol. The van der Waals surface area contributed by atoms with Crippen molar-refractivity contribution in [2.75, 3.05) is 7.11 Å². The molecule has 0 aliphatic carbocycles. The number of nitrogens with one attached hydrogen (secondary N) is 3. The van der Waals surface area contributed by atoms with Crippen molar-refractivity contribution in [3.05, 3.63) is 48.2 Å². The number of H-pyrrole nitrogens is 1. The average molecular weight is 518 g/mol. The van der Waals surface area contributed by atoms with Crippen molar-refractivity contribution in [3.63, 3.8) is 0 Å². The predicted octanol–water partition coefficient (Wildman–Crippen LogP) is 2.97. The molecular formula is C24H25F3N6O4. The molecule has 0 aliphatic heterocycles. The van der Waals surface area contributed by atoms with Gasteiger partial charge in [0.1, 0.15) is 29.9 Å². The van der Waals surface area contributed by atoms with Crippen LogP contribution in [0.3, 0.4) is 0 Å². The predicted molar refractivity (Wildman–Crippen MR) is 126 cm³/mol. The number of hydrogen-bond acceptors (Lipinski definition) is 6. The Morgan fingerprint density at radius 3 is 2.59 bits per heavy atom. The molecule has 3 rings (SSSR count). The van der Waals surface area contributed by atoms with E-state index in [0.29, 0.717) is 23.0 Å². The molecule has 0 fully saturated rings. The highest BCUT2D eigenvalue weighted by molar-refractivity contribution is 6.01. The third-order valence-electron chi connectivity index (χ3n) is 5.48. The number of methoxy groups -OCH3 is 1. The van der Waals surface area contributed by atoms with Crippen molar-refractivity contribution in [1.82, 2.24) is 25.2 Å². The molecule has 2 heterocycles. The lowest BCUT2D eigenvalue weighted by molar-refractivity contribution is -0.123. The van der Waals surface area contributed by atoms with Crippen LogP contribution in [0.25, 0.3) is 10.9 Å². The van der Waals surface area contributed by atoms with Crippen LogP contribution in [0.4, 0.5) is 13.2 Å². The van der Waals surface area contributed by atoms with Gasteiger partial charge in [-0.25, -0.2) is 4.98 Å². The molecule has 0 unspecified atom stereocenters. The number of nitrogens with zero attached hydrogens (tertiary/aromatic N) is 3. The van der Waals surface area contributed by atoms with Crippen molar-refractivity contribution in [1.29, 1.82) is 5.26 Å². The summed E-state index contributed by atoms with van der Waals surface area (Å²) < 4.78 is 44.1. The highest BCUT2D eigenvalue weighted by Gasteiger charge is 2.41. The fourth-order valence-corrected chi connectivity index (χ4v) is 3.77. The quantitative estimate of drug-likeness (QED) is 0.398. The van der Waals surface area contributed by atoms with E-state index in [0.717, 1.165) is 6.20 Å². The second-order valence-electron chi connectivity index (χ2n) is 8.71. The van der Waals surface area contributed by atoms with Crippen molar-refractivity contribution >= 4 is 28.6 Å². The summed E-state index contributed by atoms with van der Waals surface area (Å²) in [7, 11) is 1.50. The Labute approximate surface area is 209 Å². The summed E-state index contributed by atoms with van der Waals surface area (Å²) in [5.41, 5.74) is 0.641. The molecule has 13 heteroatoms. The van der Waals surface area contributed by atoms with Crippen molar-refractivity contribution < 1.29 is 32.3 Å². The first kappa shape index (κ1) is 27.3. The first-order chi connectivity index (χ1) is 17.4. The van der Waals surface area contributed by atoms with Crippen molar-refractivity contribution in [2.24, 2.45) is 5.92 Å². The first-order valence-electron chi connectivity index (χ1n) is 11.2. The van der Waals surface area contributed by atoms with E-state index in [-0.39, 0.29) is 28.3 Å². The Bertz CT molecular complexity index is 1340. The lowest BCUT2D eigenvalue weighted by Gasteiger charge is -2.22. The maximum Gasteiger partial charge on any atom is 0.472 e. The molecule has 3 N–H and O–H groups in total. The second kappa shape index (κ2) is 11.2. The number of halogens is 3.